The molecule has 35 heavy (non-hydrogen) atoms. The molecule has 1 atom stereocenters. The summed E-state index contributed by atoms with van der Waals surface area (Å²) in [4.78, 5) is 27.6. The van der Waals surface area contributed by atoms with Gasteiger partial charge in [0.05, 0.1) is 30.4 Å². The van der Waals surface area contributed by atoms with Crippen molar-refractivity contribution in [2.24, 2.45) is 5.73 Å². The normalized spacial score (nSPS) is 18.5. The predicted molar refractivity (Wildman–Crippen MR) is 135 cm³/mol. The van der Waals surface area contributed by atoms with Crippen LogP contribution >= 0.6 is 11.8 Å². The van der Waals surface area contributed by atoms with E-state index in [4.69, 9.17) is 25.5 Å². The number of nitrogens with zero attached hydrogens (tertiary/aromatic N) is 6. The Morgan fingerprint density at radius 3 is 2.66 bits per heavy atom. The number of thioether (sulfide) groups is 1. The smallest absolute Gasteiger partial charge is 0.414 e. The Bertz CT molecular complexity index is 1340. The number of amides is 1. The molecule has 11 heteroatoms. The first kappa shape index (κ1) is 23.8. The number of fused-ring (bicyclic) bond motifs is 1. The second-order valence-corrected chi connectivity index (χ2v) is 11.5. The molecule has 0 bridgehead atoms. The van der Waals surface area contributed by atoms with E-state index >= 15 is 0 Å². The van der Waals surface area contributed by atoms with Crippen molar-refractivity contribution >= 4 is 34.8 Å². The first-order chi connectivity index (χ1) is 16.5. The number of nitrogens with two attached hydrogens (primary N) is 1. The molecule has 1 unspecified atom stereocenters. The van der Waals surface area contributed by atoms with E-state index in [1.807, 2.05) is 39.3 Å². The Labute approximate surface area is 208 Å². The quantitative estimate of drug-likeness (QED) is 0.518. The Hall–Kier alpha value is -2.92. The van der Waals surface area contributed by atoms with Crippen molar-refractivity contribution in [3.05, 3.63) is 28.7 Å². The molecular formula is C24H31N7O3S. The van der Waals surface area contributed by atoms with Crippen LogP contribution in [0, 0.1) is 13.8 Å². The predicted octanol–water partition coefficient (Wildman–Crippen LogP) is 3.64. The van der Waals surface area contributed by atoms with Gasteiger partial charge in [0.15, 0.2) is 5.65 Å². The van der Waals surface area contributed by atoms with Gasteiger partial charge in [0.1, 0.15) is 10.8 Å². The fourth-order valence-corrected chi connectivity index (χ4v) is 6.12. The number of methoxy groups -OCH3 is 1. The summed E-state index contributed by atoms with van der Waals surface area (Å²) in [7, 11) is 1.65. The standard InChI is InChI=1S/C24H31N7O3S/c1-12-9-26-14(13(2)17(12)34-6)10-30-19-16-18(29-30)24(7-8-24)15(25)11-35-20(16)28-21(27-19)31(22(32)33)23(3,4)5/h9,15H,7-8,10-11,25H2,1-6H3,(H,32,33). The summed E-state index contributed by atoms with van der Waals surface area (Å²) in [6.07, 6.45) is 2.63. The number of pyridine rings is 1. The lowest BCUT2D eigenvalue weighted by molar-refractivity contribution is 0.195. The molecule has 1 fully saturated rings. The van der Waals surface area contributed by atoms with Crippen LogP contribution < -0.4 is 15.4 Å². The molecular weight excluding hydrogens is 466 g/mol. The van der Waals surface area contributed by atoms with E-state index in [1.54, 1.807) is 25.1 Å². The van der Waals surface area contributed by atoms with Crippen molar-refractivity contribution < 1.29 is 14.6 Å². The molecule has 0 radical (unpaired) electrons. The molecule has 3 N–H and O–H groups in total. The van der Waals surface area contributed by atoms with Crippen LogP contribution in [0.3, 0.4) is 0 Å². The molecule has 3 aromatic heterocycles. The van der Waals surface area contributed by atoms with Gasteiger partial charge in [-0.05, 0) is 47.5 Å². The first-order valence-corrected chi connectivity index (χ1v) is 12.7. The Morgan fingerprint density at radius 2 is 2.06 bits per heavy atom. The van der Waals surface area contributed by atoms with E-state index in [2.05, 4.69) is 4.98 Å². The molecule has 1 spiro atoms. The zero-order valence-electron chi connectivity index (χ0n) is 20.9. The van der Waals surface area contributed by atoms with Crippen LogP contribution in [0.25, 0.3) is 11.0 Å². The van der Waals surface area contributed by atoms with Crippen LogP contribution in [0.5, 0.6) is 5.75 Å². The zero-order chi connectivity index (χ0) is 25.3. The molecule has 3 aromatic rings. The lowest BCUT2D eigenvalue weighted by atomic mass is 9.93. The van der Waals surface area contributed by atoms with Crippen LogP contribution in [-0.2, 0) is 12.0 Å². The minimum atomic E-state index is -1.11. The number of aryl methyl sites for hydroxylation is 1. The van der Waals surface area contributed by atoms with Gasteiger partial charge in [0.25, 0.3) is 0 Å². The third-order valence-electron chi connectivity index (χ3n) is 7.03. The lowest BCUT2D eigenvalue weighted by Gasteiger charge is -2.31. The molecule has 10 nitrogen and oxygen atoms in total. The van der Waals surface area contributed by atoms with Crippen molar-refractivity contribution in [3.63, 3.8) is 0 Å². The van der Waals surface area contributed by atoms with E-state index in [0.29, 0.717) is 17.9 Å². The summed E-state index contributed by atoms with van der Waals surface area (Å²) in [6.45, 7) is 9.78. The van der Waals surface area contributed by atoms with Crippen LogP contribution in [0.15, 0.2) is 11.2 Å². The maximum absolute atomic E-state index is 12.2. The number of carbonyl (C=O) groups is 1. The summed E-state index contributed by atoms with van der Waals surface area (Å²) >= 11 is 1.55. The molecule has 1 amide bonds. The highest BCUT2D eigenvalue weighted by atomic mass is 32.2. The largest absolute Gasteiger partial charge is 0.496 e. The SMILES string of the molecule is COc1c(C)cnc(Cn2nc3c4c(nc(N(C(=O)O)C(C)(C)C)nc42)SCC(N)C32CC2)c1C. The summed E-state index contributed by atoms with van der Waals surface area (Å²) in [6, 6.07) is -0.0609. The van der Waals surface area contributed by atoms with E-state index < -0.39 is 11.6 Å². The number of hydrogen-bond acceptors (Lipinski definition) is 8. The van der Waals surface area contributed by atoms with Crippen molar-refractivity contribution in [2.45, 2.75) is 76.0 Å². The van der Waals surface area contributed by atoms with Crippen LogP contribution in [-0.4, -0.2) is 60.4 Å². The molecule has 1 aliphatic carbocycles. The molecule has 1 aliphatic heterocycles. The topological polar surface area (TPSA) is 132 Å². The van der Waals surface area contributed by atoms with Gasteiger partial charge in [-0.3, -0.25) is 4.98 Å². The van der Waals surface area contributed by atoms with Gasteiger partial charge in [0, 0.05) is 40.1 Å². The Balaban J connectivity index is 1.74. The molecule has 1 saturated carbocycles. The van der Waals surface area contributed by atoms with E-state index in [9.17, 15) is 9.90 Å². The van der Waals surface area contributed by atoms with Crippen molar-refractivity contribution in [1.29, 1.82) is 0 Å². The number of carboxylic acid groups (broad SMARTS) is 1. The highest BCUT2D eigenvalue weighted by Gasteiger charge is 2.54. The minimum Gasteiger partial charge on any atom is -0.496 e. The third-order valence-corrected chi connectivity index (χ3v) is 8.12. The van der Waals surface area contributed by atoms with Gasteiger partial charge in [-0.15, -0.1) is 11.8 Å². The van der Waals surface area contributed by atoms with Gasteiger partial charge in [0.2, 0.25) is 5.95 Å². The number of hydrogen-bond donors (Lipinski definition) is 2. The molecule has 2 aliphatic rings. The fourth-order valence-electron chi connectivity index (χ4n) is 4.98. The molecule has 0 aromatic carbocycles. The second kappa shape index (κ2) is 8.06. The second-order valence-electron chi connectivity index (χ2n) is 10.4. The highest BCUT2D eigenvalue weighted by molar-refractivity contribution is 7.99. The molecule has 4 heterocycles. The number of anilines is 1. The third kappa shape index (κ3) is 3.72. The fraction of sp³-hybridized carbons (Fsp3) is 0.542. The summed E-state index contributed by atoms with van der Waals surface area (Å²) in [5, 5.41) is 16.7. The first-order valence-electron chi connectivity index (χ1n) is 11.7. The molecule has 5 rings (SSSR count). The van der Waals surface area contributed by atoms with E-state index in [1.165, 1.54) is 4.90 Å². The van der Waals surface area contributed by atoms with Crippen LogP contribution in [0.2, 0.25) is 0 Å². The maximum atomic E-state index is 12.2. The maximum Gasteiger partial charge on any atom is 0.414 e. The average molecular weight is 498 g/mol. The van der Waals surface area contributed by atoms with Crippen molar-refractivity contribution in [1.82, 2.24) is 24.7 Å². The summed E-state index contributed by atoms with van der Waals surface area (Å²) in [5.41, 5.74) is 9.95. The lowest BCUT2D eigenvalue weighted by Crippen LogP contribution is -2.46. The van der Waals surface area contributed by atoms with Gasteiger partial charge in [-0.25, -0.2) is 19.4 Å². The van der Waals surface area contributed by atoms with Gasteiger partial charge < -0.3 is 15.6 Å². The Kier molecular flexibility index (Phi) is 5.48. The van der Waals surface area contributed by atoms with E-state index in [0.717, 1.165) is 51.5 Å². The number of aromatic nitrogens is 5. The minimum absolute atomic E-state index is 0.0609. The number of rotatable bonds is 4. The molecule has 186 valence electrons. The highest BCUT2D eigenvalue weighted by Crippen LogP contribution is 2.55. The average Bonchev–Trinajstić information content (AvgIpc) is 3.51. The van der Waals surface area contributed by atoms with Crippen LogP contribution in [0.1, 0.15) is 56.1 Å². The molecule has 0 saturated heterocycles. The van der Waals surface area contributed by atoms with E-state index in [-0.39, 0.29) is 17.4 Å². The summed E-state index contributed by atoms with van der Waals surface area (Å²) in [5.74, 6) is 1.63. The van der Waals surface area contributed by atoms with Crippen LogP contribution in [0.4, 0.5) is 10.7 Å². The number of ether oxygens (including phenoxy) is 1. The van der Waals surface area contributed by atoms with Crippen molar-refractivity contribution in [3.8, 4) is 5.75 Å². The Morgan fingerprint density at radius 1 is 1.34 bits per heavy atom. The van der Waals surface area contributed by atoms with Gasteiger partial charge in [-0.2, -0.15) is 10.1 Å². The van der Waals surface area contributed by atoms with Gasteiger partial charge in [-0.1, -0.05) is 0 Å². The zero-order valence-corrected chi connectivity index (χ0v) is 21.7. The van der Waals surface area contributed by atoms with Crippen molar-refractivity contribution in [2.75, 3.05) is 17.8 Å². The monoisotopic (exact) mass is 497 g/mol. The summed E-state index contributed by atoms with van der Waals surface area (Å²) < 4.78 is 7.42. The van der Waals surface area contributed by atoms with Gasteiger partial charge >= 0.3 is 6.09 Å².